The molecule has 1 N–H and O–H groups in total. The molecule has 1 saturated heterocycles. The van der Waals surface area contributed by atoms with Gasteiger partial charge in [0.15, 0.2) is 5.76 Å². The van der Waals surface area contributed by atoms with Crippen LogP contribution in [0, 0.1) is 0 Å². The van der Waals surface area contributed by atoms with Gasteiger partial charge in [0, 0.05) is 6.54 Å². The Labute approximate surface area is 127 Å². The molecule has 1 fully saturated rings. The van der Waals surface area contributed by atoms with Crippen molar-refractivity contribution >= 4 is 11.9 Å². The molecule has 0 saturated carbocycles. The van der Waals surface area contributed by atoms with Gasteiger partial charge in [0.2, 0.25) is 5.76 Å². The number of carbonyl (C=O) groups is 2. The molecular weight excluding hydrogens is 286 g/mol. The Kier molecular flexibility index (Phi) is 4.00. The van der Waals surface area contributed by atoms with E-state index in [4.69, 9.17) is 13.9 Å². The molecule has 0 spiro atoms. The second-order valence-corrected chi connectivity index (χ2v) is 5.35. The van der Waals surface area contributed by atoms with Crippen molar-refractivity contribution in [3.05, 3.63) is 47.8 Å². The fourth-order valence-electron chi connectivity index (χ4n) is 2.84. The minimum absolute atomic E-state index is 0.0517. The fraction of sp³-hybridized carbons (Fsp3) is 0.375. The average molecular weight is 303 g/mol. The summed E-state index contributed by atoms with van der Waals surface area (Å²) in [4.78, 5) is 25.3. The Bertz CT molecular complexity index is 658. The van der Waals surface area contributed by atoms with Crippen molar-refractivity contribution in [2.24, 2.45) is 0 Å². The van der Waals surface area contributed by atoms with Crippen LogP contribution in [0.1, 0.15) is 58.6 Å². The van der Waals surface area contributed by atoms with Crippen molar-refractivity contribution in [3.63, 3.8) is 0 Å². The van der Waals surface area contributed by atoms with Crippen LogP contribution < -0.4 is 0 Å². The summed E-state index contributed by atoms with van der Waals surface area (Å²) < 4.78 is 10.6. The van der Waals surface area contributed by atoms with Gasteiger partial charge in [-0.05, 0) is 37.1 Å². The topological polar surface area (TPSA) is 83.9 Å². The number of furan rings is 2. The monoisotopic (exact) mass is 303 g/mol. The van der Waals surface area contributed by atoms with Gasteiger partial charge in [-0.15, -0.1) is 0 Å². The average Bonchev–Trinajstić information content (AvgIpc) is 3.14. The van der Waals surface area contributed by atoms with Crippen molar-refractivity contribution in [1.82, 2.24) is 4.90 Å². The molecule has 6 nitrogen and oxygen atoms in total. The van der Waals surface area contributed by atoms with E-state index < -0.39 is 5.97 Å². The number of likely N-dealkylation sites (tertiary alicyclic amines) is 1. The molecule has 0 radical (unpaired) electrons. The van der Waals surface area contributed by atoms with E-state index in [9.17, 15) is 9.59 Å². The largest absolute Gasteiger partial charge is 0.475 e. The Balaban J connectivity index is 1.88. The fourth-order valence-corrected chi connectivity index (χ4v) is 2.84. The maximum Gasteiger partial charge on any atom is 0.371 e. The zero-order valence-corrected chi connectivity index (χ0v) is 12.0. The van der Waals surface area contributed by atoms with Crippen molar-refractivity contribution in [2.45, 2.75) is 31.7 Å². The first kappa shape index (κ1) is 14.4. The van der Waals surface area contributed by atoms with Crippen LogP contribution in [0.15, 0.2) is 39.4 Å². The van der Waals surface area contributed by atoms with Gasteiger partial charge in [-0.1, -0.05) is 12.8 Å². The van der Waals surface area contributed by atoms with Gasteiger partial charge in [-0.2, -0.15) is 0 Å². The van der Waals surface area contributed by atoms with E-state index in [1.165, 1.54) is 12.1 Å². The summed E-state index contributed by atoms with van der Waals surface area (Å²) in [6, 6.07) is 6.24. The molecule has 3 heterocycles. The van der Waals surface area contributed by atoms with Crippen LogP contribution in [0.4, 0.5) is 0 Å². The van der Waals surface area contributed by atoms with E-state index in [0.29, 0.717) is 6.54 Å². The summed E-state index contributed by atoms with van der Waals surface area (Å²) in [5, 5.41) is 8.90. The second-order valence-electron chi connectivity index (χ2n) is 5.35. The molecule has 116 valence electrons. The molecule has 0 bridgehead atoms. The smallest absolute Gasteiger partial charge is 0.371 e. The Morgan fingerprint density at radius 3 is 2.64 bits per heavy atom. The number of carboxylic acid groups (broad SMARTS) is 1. The first-order valence-corrected chi connectivity index (χ1v) is 7.34. The summed E-state index contributed by atoms with van der Waals surface area (Å²) in [5.41, 5.74) is 0. The minimum Gasteiger partial charge on any atom is -0.475 e. The van der Waals surface area contributed by atoms with Crippen molar-refractivity contribution < 1.29 is 23.5 Å². The molecule has 1 amide bonds. The van der Waals surface area contributed by atoms with Crippen molar-refractivity contribution in [1.29, 1.82) is 0 Å². The highest BCUT2D eigenvalue weighted by atomic mass is 16.4. The summed E-state index contributed by atoms with van der Waals surface area (Å²) in [6.45, 7) is 0.604. The molecule has 1 aliphatic rings. The lowest BCUT2D eigenvalue weighted by Gasteiger charge is -2.27. The quantitative estimate of drug-likeness (QED) is 0.940. The molecule has 0 aliphatic carbocycles. The molecule has 22 heavy (non-hydrogen) atoms. The Morgan fingerprint density at radius 2 is 1.95 bits per heavy atom. The highest BCUT2D eigenvalue weighted by Gasteiger charge is 2.31. The zero-order chi connectivity index (χ0) is 15.5. The zero-order valence-electron chi connectivity index (χ0n) is 12.0. The standard InChI is InChI=1S/C16H17NO5/c18-15(13-7-8-14(22-13)16(19)20)17-9-3-1-2-5-11(17)12-6-4-10-21-12/h4,6-8,10-11H,1-3,5,9H2,(H,19,20)/t11-/m0/s1. The predicted octanol–water partition coefficient (Wildman–Crippen LogP) is 3.33. The number of carboxylic acids is 1. The van der Waals surface area contributed by atoms with Gasteiger partial charge < -0.3 is 18.8 Å². The van der Waals surface area contributed by atoms with Gasteiger partial charge >= 0.3 is 5.97 Å². The van der Waals surface area contributed by atoms with E-state index in [1.807, 2.05) is 6.07 Å². The number of rotatable bonds is 3. The number of carbonyl (C=O) groups excluding carboxylic acids is 1. The van der Waals surface area contributed by atoms with Crippen LogP contribution in [0.3, 0.4) is 0 Å². The normalized spacial score (nSPS) is 18.9. The predicted molar refractivity (Wildman–Crippen MR) is 76.6 cm³/mol. The van der Waals surface area contributed by atoms with Gasteiger partial charge in [0.05, 0.1) is 12.3 Å². The molecule has 2 aromatic rings. The van der Waals surface area contributed by atoms with Crippen molar-refractivity contribution in [2.75, 3.05) is 6.54 Å². The Hall–Kier alpha value is -2.50. The lowest BCUT2D eigenvalue weighted by molar-refractivity contribution is 0.0607. The minimum atomic E-state index is -1.18. The molecule has 0 aromatic carbocycles. The number of amides is 1. The highest BCUT2D eigenvalue weighted by Crippen LogP contribution is 2.31. The van der Waals surface area contributed by atoms with Gasteiger partial charge in [0.25, 0.3) is 5.91 Å². The molecule has 6 heteroatoms. The SMILES string of the molecule is O=C(O)c1ccc(C(=O)N2CCCCC[C@H]2c2ccco2)o1. The number of hydrogen-bond donors (Lipinski definition) is 1. The van der Waals surface area contributed by atoms with Crippen LogP contribution >= 0.6 is 0 Å². The molecule has 2 aromatic heterocycles. The van der Waals surface area contributed by atoms with Crippen LogP contribution in [-0.4, -0.2) is 28.4 Å². The van der Waals surface area contributed by atoms with Crippen molar-refractivity contribution in [3.8, 4) is 0 Å². The van der Waals surface area contributed by atoms with Gasteiger partial charge in [-0.25, -0.2) is 4.79 Å². The number of aromatic carboxylic acids is 1. The first-order valence-electron chi connectivity index (χ1n) is 7.34. The van der Waals surface area contributed by atoms with E-state index in [0.717, 1.165) is 31.4 Å². The van der Waals surface area contributed by atoms with E-state index in [2.05, 4.69) is 0 Å². The Morgan fingerprint density at radius 1 is 1.14 bits per heavy atom. The third-order valence-corrected chi connectivity index (χ3v) is 3.91. The molecular formula is C16H17NO5. The van der Waals surface area contributed by atoms with E-state index in [1.54, 1.807) is 17.2 Å². The van der Waals surface area contributed by atoms with Gasteiger partial charge in [-0.3, -0.25) is 4.79 Å². The summed E-state index contributed by atoms with van der Waals surface area (Å²) in [5.74, 6) is -0.905. The van der Waals surface area contributed by atoms with Crippen LogP contribution in [0.2, 0.25) is 0 Å². The summed E-state index contributed by atoms with van der Waals surface area (Å²) in [7, 11) is 0. The van der Waals surface area contributed by atoms with E-state index in [-0.39, 0.29) is 23.5 Å². The first-order chi connectivity index (χ1) is 10.7. The van der Waals surface area contributed by atoms with Gasteiger partial charge in [0.1, 0.15) is 5.76 Å². The van der Waals surface area contributed by atoms with Crippen LogP contribution in [0.5, 0.6) is 0 Å². The molecule has 1 atom stereocenters. The lowest BCUT2D eigenvalue weighted by Crippen LogP contribution is -2.34. The number of nitrogens with zero attached hydrogens (tertiary/aromatic N) is 1. The second kappa shape index (κ2) is 6.09. The third-order valence-electron chi connectivity index (χ3n) is 3.91. The molecule has 3 rings (SSSR count). The van der Waals surface area contributed by atoms with Crippen LogP contribution in [-0.2, 0) is 0 Å². The third kappa shape index (κ3) is 2.77. The molecule has 1 aliphatic heterocycles. The lowest BCUT2D eigenvalue weighted by atomic mass is 10.1. The maximum absolute atomic E-state index is 12.7. The van der Waals surface area contributed by atoms with E-state index >= 15 is 0 Å². The maximum atomic E-state index is 12.7. The molecule has 0 unspecified atom stereocenters. The summed E-state index contributed by atoms with van der Waals surface area (Å²) >= 11 is 0. The number of hydrogen-bond acceptors (Lipinski definition) is 4. The summed E-state index contributed by atoms with van der Waals surface area (Å²) in [6.07, 6.45) is 5.41. The van der Waals surface area contributed by atoms with Crippen LogP contribution in [0.25, 0.3) is 0 Å². The highest BCUT2D eigenvalue weighted by molar-refractivity contribution is 5.93.